The van der Waals surface area contributed by atoms with E-state index >= 15 is 0 Å². The Morgan fingerprint density at radius 2 is 1.87 bits per heavy atom. The molecule has 128 valence electrons. The molecule has 1 amide bonds. The first-order valence-electron chi connectivity index (χ1n) is 8.41. The average Bonchev–Trinajstić information content (AvgIpc) is 2.46. The van der Waals surface area contributed by atoms with Crippen molar-refractivity contribution in [2.75, 3.05) is 13.1 Å². The molecule has 1 heterocycles. The van der Waals surface area contributed by atoms with Gasteiger partial charge in [0.25, 0.3) is 0 Å². The Kier molecular flexibility index (Phi) is 5.04. The van der Waals surface area contributed by atoms with Crippen LogP contribution in [0.25, 0.3) is 0 Å². The van der Waals surface area contributed by atoms with Gasteiger partial charge < -0.3 is 14.7 Å². The van der Waals surface area contributed by atoms with Crippen molar-refractivity contribution in [3.63, 3.8) is 0 Å². The lowest BCUT2D eigenvalue weighted by Gasteiger charge is -2.39. The summed E-state index contributed by atoms with van der Waals surface area (Å²) in [6.45, 7) is 10.9. The first kappa shape index (κ1) is 17.8. The second-order valence-electron chi connectivity index (χ2n) is 7.78. The highest BCUT2D eigenvalue weighted by atomic mass is 16.6. The fourth-order valence-electron chi connectivity index (χ4n) is 2.86. The van der Waals surface area contributed by atoms with Gasteiger partial charge in [0, 0.05) is 13.1 Å². The van der Waals surface area contributed by atoms with Gasteiger partial charge in [0.05, 0.1) is 5.60 Å². The third-order valence-electron chi connectivity index (χ3n) is 4.33. The molecule has 4 heteroatoms. The van der Waals surface area contributed by atoms with Crippen molar-refractivity contribution in [3.8, 4) is 0 Å². The molecule has 1 fully saturated rings. The van der Waals surface area contributed by atoms with E-state index in [9.17, 15) is 9.90 Å². The van der Waals surface area contributed by atoms with Crippen LogP contribution in [-0.2, 0) is 10.3 Å². The molecule has 1 N–H and O–H groups in total. The van der Waals surface area contributed by atoms with Crippen LogP contribution in [0.2, 0.25) is 0 Å². The lowest BCUT2D eigenvalue weighted by atomic mass is 9.83. The second-order valence-corrected chi connectivity index (χ2v) is 7.78. The summed E-state index contributed by atoms with van der Waals surface area (Å²) < 4.78 is 5.41. The number of piperidine rings is 1. The number of ether oxygens (including phenoxy) is 1. The third kappa shape index (κ3) is 4.47. The van der Waals surface area contributed by atoms with Crippen molar-refractivity contribution < 1.29 is 14.6 Å². The normalized spacial score (nSPS) is 18.1. The summed E-state index contributed by atoms with van der Waals surface area (Å²) in [5.41, 5.74) is 0.831. The standard InChI is InChI=1S/C19H29NO3/c1-14(2)15-7-6-8-16(13-15)19(22)9-11-20(12-10-19)17(21)23-18(3,4)5/h6-8,13-14,22H,9-12H2,1-5H3. The van der Waals surface area contributed by atoms with Crippen LogP contribution in [-0.4, -0.2) is 34.8 Å². The molecule has 0 aromatic heterocycles. The van der Waals surface area contributed by atoms with Gasteiger partial charge in [0.2, 0.25) is 0 Å². The van der Waals surface area contributed by atoms with Crippen LogP contribution in [0.3, 0.4) is 0 Å². The summed E-state index contributed by atoms with van der Waals surface area (Å²) in [5.74, 6) is 0.431. The van der Waals surface area contributed by atoms with Crippen LogP contribution in [0, 0.1) is 0 Å². The molecule has 0 radical (unpaired) electrons. The number of hydrogen-bond donors (Lipinski definition) is 1. The topological polar surface area (TPSA) is 49.8 Å². The van der Waals surface area contributed by atoms with Crippen molar-refractivity contribution in [1.29, 1.82) is 0 Å². The zero-order valence-corrected chi connectivity index (χ0v) is 14.9. The number of carbonyl (C=O) groups is 1. The predicted octanol–water partition coefficient (Wildman–Crippen LogP) is 4.03. The van der Waals surface area contributed by atoms with Crippen LogP contribution >= 0.6 is 0 Å². The first-order valence-corrected chi connectivity index (χ1v) is 8.41. The number of benzene rings is 1. The van der Waals surface area contributed by atoms with Gasteiger partial charge >= 0.3 is 6.09 Å². The Morgan fingerprint density at radius 3 is 2.39 bits per heavy atom. The van der Waals surface area contributed by atoms with E-state index in [1.807, 2.05) is 32.9 Å². The highest BCUT2D eigenvalue weighted by molar-refractivity contribution is 5.68. The highest BCUT2D eigenvalue weighted by Gasteiger charge is 2.36. The summed E-state index contributed by atoms with van der Waals surface area (Å²) in [6.07, 6.45) is 0.775. The molecule has 0 atom stereocenters. The summed E-state index contributed by atoms with van der Waals surface area (Å²) in [7, 11) is 0. The Hall–Kier alpha value is -1.55. The summed E-state index contributed by atoms with van der Waals surface area (Å²) in [4.78, 5) is 13.8. The van der Waals surface area contributed by atoms with Crippen LogP contribution < -0.4 is 0 Å². The summed E-state index contributed by atoms with van der Waals surface area (Å²) >= 11 is 0. The van der Waals surface area contributed by atoms with Crippen LogP contribution in [0.1, 0.15) is 64.5 Å². The van der Waals surface area contributed by atoms with Crippen molar-refractivity contribution in [3.05, 3.63) is 35.4 Å². The molecule has 1 aliphatic heterocycles. The Morgan fingerprint density at radius 1 is 1.26 bits per heavy atom. The maximum atomic E-state index is 12.1. The van der Waals surface area contributed by atoms with Crippen LogP contribution in [0.4, 0.5) is 4.79 Å². The lowest BCUT2D eigenvalue weighted by molar-refractivity contribution is -0.0356. The Labute approximate surface area is 139 Å². The minimum absolute atomic E-state index is 0.296. The molecule has 1 aliphatic rings. The number of likely N-dealkylation sites (tertiary alicyclic amines) is 1. The van der Waals surface area contributed by atoms with E-state index < -0.39 is 11.2 Å². The molecule has 23 heavy (non-hydrogen) atoms. The van der Waals surface area contributed by atoms with Gasteiger partial charge in [-0.15, -0.1) is 0 Å². The third-order valence-corrected chi connectivity index (χ3v) is 4.33. The number of rotatable bonds is 2. The smallest absolute Gasteiger partial charge is 0.410 e. The molecule has 0 bridgehead atoms. The van der Waals surface area contributed by atoms with Crippen molar-refractivity contribution in [2.24, 2.45) is 0 Å². The molecule has 1 aromatic rings. The molecule has 1 aromatic carbocycles. The van der Waals surface area contributed by atoms with Gasteiger partial charge in [-0.25, -0.2) is 4.79 Å². The van der Waals surface area contributed by atoms with Crippen molar-refractivity contribution in [2.45, 2.75) is 64.6 Å². The first-order chi connectivity index (χ1) is 10.6. The summed E-state index contributed by atoms with van der Waals surface area (Å²) in [6, 6.07) is 8.17. The molecule has 0 aliphatic carbocycles. The van der Waals surface area contributed by atoms with E-state index in [4.69, 9.17) is 4.74 Å². The number of nitrogens with zero attached hydrogens (tertiary/aromatic N) is 1. The van der Waals surface area contributed by atoms with Gasteiger partial charge in [-0.1, -0.05) is 38.1 Å². The Balaban J connectivity index is 2.05. The van der Waals surface area contributed by atoms with E-state index in [0.29, 0.717) is 31.8 Å². The number of hydrogen-bond acceptors (Lipinski definition) is 3. The number of carbonyl (C=O) groups excluding carboxylic acids is 1. The summed E-state index contributed by atoms with van der Waals surface area (Å²) in [5, 5.41) is 11.0. The monoisotopic (exact) mass is 319 g/mol. The molecule has 0 saturated carbocycles. The maximum absolute atomic E-state index is 12.1. The fraction of sp³-hybridized carbons (Fsp3) is 0.632. The maximum Gasteiger partial charge on any atom is 0.410 e. The minimum atomic E-state index is -0.858. The van der Waals surface area contributed by atoms with E-state index in [0.717, 1.165) is 5.56 Å². The fourth-order valence-corrected chi connectivity index (χ4v) is 2.86. The Bertz CT molecular complexity index is 552. The SMILES string of the molecule is CC(C)c1cccc(C2(O)CCN(C(=O)OC(C)(C)C)CC2)c1. The highest BCUT2D eigenvalue weighted by Crippen LogP contribution is 2.34. The van der Waals surface area contributed by atoms with Gasteiger partial charge in [-0.3, -0.25) is 0 Å². The molecular formula is C19H29NO3. The average molecular weight is 319 g/mol. The zero-order valence-electron chi connectivity index (χ0n) is 14.9. The van der Waals surface area contributed by atoms with E-state index in [2.05, 4.69) is 26.0 Å². The zero-order chi connectivity index (χ0) is 17.3. The molecule has 1 saturated heterocycles. The largest absolute Gasteiger partial charge is 0.444 e. The second kappa shape index (κ2) is 6.52. The van der Waals surface area contributed by atoms with E-state index in [1.165, 1.54) is 5.56 Å². The van der Waals surface area contributed by atoms with Crippen LogP contribution in [0.5, 0.6) is 0 Å². The van der Waals surface area contributed by atoms with Crippen molar-refractivity contribution in [1.82, 2.24) is 4.90 Å². The van der Waals surface area contributed by atoms with E-state index in [-0.39, 0.29) is 6.09 Å². The van der Waals surface area contributed by atoms with Crippen LogP contribution in [0.15, 0.2) is 24.3 Å². The van der Waals surface area contributed by atoms with Gasteiger partial charge in [0.15, 0.2) is 0 Å². The quantitative estimate of drug-likeness (QED) is 0.895. The van der Waals surface area contributed by atoms with Gasteiger partial charge in [-0.05, 0) is 50.7 Å². The van der Waals surface area contributed by atoms with Gasteiger partial charge in [-0.2, -0.15) is 0 Å². The lowest BCUT2D eigenvalue weighted by Crippen LogP contribution is -2.46. The molecule has 0 unspecified atom stereocenters. The number of amides is 1. The van der Waals surface area contributed by atoms with E-state index in [1.54, 1.807) is 4.90 Å². The predicted molar refractivity (Wildman–Crippen MR) is 91.5 cm³/mol. The minimum Gasteiger partial charge on any atom is -0.444 e. The van der Waals surface area contributed by atoms with Gasteiger partial charge in [0.1, 0.15) is 5.60 Å². The molecular weight excluding hydrogens is 290 g/mol. The molecule has 4 nitrogen and oxygen atoms in total. The molecule has 2 rings (SSSR count). The number of aliphatic hydroxyl groups is 1. The van der Waals surface area contributed by atoms with Crippen molar-refractivity contribution >= 4 is 6.09 Å². The molecule has 0 spiro atoms.